The summed E-state index contributed by atoms with van der Waals surface area (Å²) >= 11 is 2.95. The zero-order valence-electron chi connectivity index (χ0n) is 8.64. The standard InChI is InChI=1S/C12H8BrF3O/c1-2-3-4-11(17)9-6-5-8(13)7-10(9)12(14,15)16/h1,5-7H,3-4H2. The van der Waals surface area contributed by atoms with Crippen molar-refractivity contribution in [1.29, 1.82) is 0 Å². The van der Waals surface area contributed by atoms with E-state index in [0.717, 1.165) is 12.1 Å². The summed E-state index contributed by atoms with van der Waals surface area (Å²) in [6, 6.07) is 3.45. The fourth-order valence-corrected chi connectivity index (χ4v) is 1.68. The lowest BCUT2D eigenvalue weighted by Gasteiger charge is -2.12. The average Bonchev–Trinajstić information content (AvgIpc) is 2.24. The second-order valence-corrected chi connectivity index (χ2v) is 4.23. The van der Waals surface area contributed by atoms with Gasteiger partial charge >= 0.3 is 6.18 Å². The first-order valence-electron chi connectivity index (χ1n) is 4.69. The molecule has 0 atom stereocenters. The lowest BCUT2D eigenvalue weighted by Crippen LogP contribution is -2.13. The van der Waals surface area contributed by atoms with Crippen molar-refractivity contribution in [2.45, 2.75) is 19.0 Å². The molecule has 0 fully saturated rings. The van der Waals surface area contributed by atoms with Crippen molar-refractivity contribution in [3.63, 3.8) is 0 Å². The number of Topliss-reactive ketones (excluding diaryl/α,β-unsaturated/α-hetero) is 1. The molecule has 0 spiro atoms. The van der Waals surface area contributed by atoms with Gasteiger partial charge in [0.15, 0.2) is 5.78 Å². The first kappa shape index (κ1) is 13.8. The molecule has 1 aromatic carbocycles. The van der Waals surface area contributed by atoms with E-state index in [1.54, 1.807) is 0 Å². The number of hydrogen-bond donors (Lipinski definition) is 0. The molecule has 0 N–H and O–H groups in total. The van der Waals surface area contributed by atoms with E-state index in [-0.39, 0.29) is 22.9 Å². The number of terminal acetylenes is 1. The monoisotopic (exact) mass is 304 g/mol. The van der Waals surface area contributed by atoms with Gasteiger partial charge < -0.3 is 0 Å². The number of carbonyl (C=O) groups excluding carboxylic acids is 1. The maximum atomic E-state index is 12.7. The lowest BCUT2D eigenvalue weighted by molar-refractivity contribution is -0.138. The predicted octanol–water partition coefficient (Wildman–Crippen LogP) is 4.06. The molecule has 1 nitrogen and oxygen atoms in total. The highest BCUT2D eigenvalue weighted by atomic mass is 79.9. The molecule has 0 radical (unpaired) electrons. The summed E-state index contributed by atoms with van der Waals surface area (Å²) in [6.45, 7) is 0. The summed E-state index contributed by atoms with van der Waals surface area (Å²) in [6.07, 6.45) is 0.469. The quantitative estimate of drug-likeness (QED) is 0.608. The Labute approximate surface area is 105 Å². The number of benzene rings is 1. The highest BCUT2D eigenvalue weighted by Gasteiger charge is 2.35. The first-order valence-corrected chi connectivity index (χ1v) is 5.49. The third-order valence-corrected chi connectivity index (χ3v) is 2.58. The van der Waals surface area contributed by atoms with Crippen LogP contribution in [0.3, 0.4) is 0 Å². The molecular weight excluding hydrogens is 297 g/mol. The SMILES string of the molecule is C#CCCC(=O)c1ccc(Br)cc1C(F)(F)F. The molecule has 90 valence electrons. The second kappa shape index (κ2) is 5.37. The summed E-state index contributed by atoms with van der Waals surface area (Å²) in [5.41, 5.74) is -1.27. The van der Waals surface area contributed by atoms with Gasteiger partial charge in [0.25, 0.3) is 0 Å². The van der Waals surface area contributed by atoms with Crippen LogP contribution < -0.4 is 0 Å². The molecule has 1 rings (SSSR count). The Morgan fingerprint density at radius 3 is 2.59 bits per heavy atom. The Hall–Kier alpha value is -1.28. The maximum absolute atomic E-state index is 12.7. The lowest BCUT2D eigenvalue weighted by atomic mass is 10.0. The summed E-state index contributed by atoms with van der Waals surface area (Å²) in [7, 11) is 0. The Kier molecular flexibility index (Phi) is 4.35. The van der Waals surface area contributed by atoms with Crippen LogP contribution in [0.2, 0.25) is 0 Å². The average molecular weight is 305 g/mol. The minimum absolute atomic E-state index is 0.0821. The van der Waals surface area contributed by atoms with Crippen molar-refractivity contribution in [1.82, 2.24) is 0 Å². The molecular formula is C12H8BrF3O. The molecule has 1 aromatic rings. The van der Waals surface area contributed by atoms with Crippen LogP contribution in [0.4, 0.5) is 13.2 Å². The highest BCUT2D eigenvalue weighted by Crippen LogP contribution is 2.34. The third kappa shape index (κ3) is 3.60. The van der Waals surface area contributed by atoms with Crippen LogP contribution in [0.1, 0.15) is 28.8 Å². The van der Waals surface area contributed by atoms with Gasteiger partial charge in [-0.05, 0) is 18.2 Å². The van der Waals surface area contributed by atoms with Crippen LogP contribution in [0.5, 0.6) is 0 Å². The molecule has 0 amide bonds. The van der Waals surface area contributed by atoms with Crippen molar-refractivity contribution >= 4 is 21.7 Å². The zero-order chi connectivity index (χ0) is 13.1. The van der Waals surface area contributed by atoms with Crippen LogP contribution in [0.25, 0.3) is 0 Å². The van der Waals surface area contributed by atoms with Gasteiger partial charge in [-0.25, -0.2) is 0 Å². The number of ketones is 1. The van der Waals surface area contributed by atoms with Gasteiger partial charge in [0, 0.05) is 22.9 Å². The number of halogens is 4. The van der Waals surface area contributed by atoms with E-state index in [9.17, 15) is 18.0 Å². The van der Waals surface area contributed by atoms with Crippen LogP contribution in [-0.4, -0.2) is 5.78 Å². The van der Waals surface area contributed by atoms with Crippen molar-refractivity contribution in [3.05, 3.63) is 33.8 Å². The van der Waals surface area contributed by atoms with E-state index in [1.807, 2.05) is 0 Å². The molecule has 0 heterocycles. The molecule has 0 aromatic heterocycles. The van der Waals surface area contributed by atoms with E-state index in [0.29, 0.717) is 0 Å². The van der Waals surface area contributed by atoms with Crippen molar-refractivity contribution in [2.24, 2.45) is 0 Å². The van der Waals surface area contributed by atoms with E-state index >= 15 is 0 Å². The van der Waals surface area contributed by atoms with Gasteiger partial charge in [-0.15, -0.1) is 12.3 Å². The molecule has 0 saturated carbocycles. The van der Waals surface area contributed by atoms with Crippen LogP contribution >= 0.6 is 15.9 Å². The van der Waals surface area contributed by atoms with Crippen LogP contribution in [0, 0.1) is 12.3 Å². The minimum atomic E-state index is -4.55. The molecule has 17 heavy (non-hydrogen) atoms. The number of rotatable bonds is 3. The fourth-order valence-electron chi connectivity index (χ4n) is 1.31. The number of carbonyl (C=O) groups is 1. The summed E-state index contributed by atoms with van der Waals surface area (Å²) < 4.78 is 38.4. The normalized spacial score (nSPS) is 11.0. The zero-order valence-corrected chi connectivity index (χ0v) is 10.2. The van der Waals surface area contributed by atoms with Gasteiger partial charge in [0.2, 0.25) is 0 Å². The third-order valence-electron chi connectivity index (χ3n) is 2.08. The predicted molar refractivity (Wildman–Crippen MR) is 61.5 cm³/mol. The van der Waals surface area contributed by atoms with Gasteiger partial charge in [-0.2, -0.15) is 13.2 Å². The van der Waals surface area contributed by atoms with E-state index in [2.05, 4.69) is 21.9 Å². The van der Waals surface area contributed by atoms with Crippen LogP contribution in [-0.2, 0) is 6.18 Å². The summed E-state index contributed by atoms with van der Waals surface area (Å²) in [5, 5.41) is 0. The van der Waals surface area contributed by atoms with Crippen molar-refractivity contribution in [3.8, 4) is 12.3 Å². The number of alkyl halides is 3. The van der Waals surface area contributed by atoms with E-state index in [4.69, 9.17) is 6.42 Å². The molecule has 0 bridgehead atoms. The summed E-state index contributed by atoms with van der Waals surface area (Å²) in [4.78, 5) is 11.6. The molecule has 0 unspecified atom stereocenters. The first-order chi connectivity index (χ1) is 7.86. The maximum Gasteiger partial charge on any atom is 0.417 e. The van der Waals surface area contributed by atoms with Crippen molar-refractivity contribution in [2.75, 3.05) is 0 Å². The van der Waals surface area contributed by atoms with E-state index < -0.39 is 17.5 Å². The topological polar surface area (TPSA) is 17.1 Å². The van der Waals surface area contributed by atoms with Gasteiger partial charge in [-0.3, -0.25) is 4.79 Å². The Balaban J connectivity index is 3.16. The molecule has 5 heteroatoms. The summed E-state index contributed by atoms with van der Waals surface area (Å²) in [5.74, 6) is 1.63. The number of hydrogen-bond acceptors (Lipinski definition) is 1. The molecule has 0 aliphatic rings. The largest absolute Gasteiger partial charge is 0.417 e. The second-order valence-electron chi connectivity index (χ2n) is 3.31. The van der Waals surface area contributed by atoms with Gasteiger partial charge in [0.1, 0.15) is 0 Å². The van der Waals surface area contributed by atoms with Gasteiger partial charge in [0.05, 0.1) is 5.56 Å². The smallest absolute Gasteiger partial charge is 0.294 e. The molecule has 0 aliphatic heterocycles. The molecule has 0 saturated heterocycles. The van der Waals surface area contributed by atoms with E-state index in [1.165, 1.54) is 6.07 Å². The molecule has 0 aliphatic carbocycles. The fraction of sp³-hybridized carbons (Fsp3) is 0.250. The van der Waals surface area contributed by atoms with Crippen LogP contribution in [0.15, 0.2) is 22.7 Å². The highest BCUT2D eigenvalue weighted by molar-refractivity contribution is 9.10. The Morgan fingerprint density at radius 2 is 2.06 bits per heavy atom. The minimum Gasteiger partial charge on any atom is -0.294 e. The van der Waals surface area contributed by atoms with Gasteiger partial charge in [-0.1, -0.05) is 15.9 Å². The Bertz CT molecular complexity index is 472. The van der Waals surface area contributed by atoms with Crippen molar-refractivity contribution < 1.29 is 18.0 Å². The Morgan fingerprint density at radius 1 is 1.41 bits per heavy atom.